The summed E-state index contributed by atoms with van der Waals surface area (Å²) in [5, 5.41) is 0. The second-order valence-electron chi connectivity index (χ2n) is 3.13. The van der Waals surface area contributed by atoms with Crippen molar-refractivity contribution in [3.63, 3.8) is 0 Å². The van der Waals surface area contributed by atoms with Crippen molar-refractivity contribution in [2.75, 3.05) is 6.61 Å². The minimum atomic E-state index is 0.221. The van der Waals surface area contributed by atoms with Gasteiger partial charge >= 0.3 is 0 Å². The zero-order valence-corrected chi connectivity index (χ0v) is 7.71. The Morgan fingerprint density at radius 1 is 1.58 bits per heavy atom. The number of Topliss-reactive ketones (excluding diaryl/α,β-unsaturated/α-hetero) is 1. The lowest BCUT2D eigenvalue weighted by Gasteiger charge is -2.07. The summed E-state index contributed by atoms with van der Waals surface area (Å²) in [4.78, 5) is 20.4. The Kier molecular flexibility index (Phi) is 6.34. The Labute approximate surface area is 73.1 Å². The largest absolute Gasteiger partial charge is 0.468 e. The van der Waals surface area contributed by atoms with E-state index in [1.54, 1.807) is 6.92 Å². The molecule has 0 bridgehead atoms. The van der Waals surface area contributed by atoms with Crippen molar-refractivity contribution in [2.24, 2.45) is 5.92 Å². The van der Waals surface area contributed by atoms with Crippen LogP contribution in [0.25, 0.3) is 0 Å². The van der Waals surface area contributed by atoms with E-state index in [0.29, 0.717) is 25.4 Å². The van der Waals surface area contributed by atoms with Gasteiger partial charge in [-0.05, 0) is 25.7 Å². The summed E-state index contributed by atoms with van der Waals surface area (Å²) >= 11 is 0. The van der Waals surface area contributed by atoms with Crippen LogP contribution in [0.3, 0.4) is 0 Å². The minimum Gasteiger partial charge on any atom is -0.468 e. The zero-order chi connectivity index (χ0) is 9.40. The first-order valence-corrected chi connectivity index (χ1v) is 4.21. The first-order chi connectivity index (χ1) is 5.66. The van der Waals surface area contributed by atoms with Gasteiger partial charge in [0.05, 0.1) is 6.61 Å². The van der Waals surface area contributed by atoms with Crippen molar-refractivity contribution in [2.45, 2.75) is 33.1 Å². The number of hydrogen-bond donors (Lipinski definition) is 0. The van der Waals surface area contributed by atoms with Crippen LogP contribution >= 0.6 is 0 Å². The van der Waals surface area contributed by atoms with Gasteiger partial charge in [0.15, 0.2) is 0 Å². The highest BCUT2D eigenvalue weighted by atomic mass is 16.5. The molecule has 0 aliphatic rings. The van der Waals surface area contributed by atoms with E-state index in [-0.39, 0.29) is 5.78 Å². The van der Waals surface area contributed by atoms with E-state index in [4.69, 9.17) is 0 Å². The molecule has 0 aliphatic carbocycles. The number of ketones is 1. The number of carbonyl (C=O) groups is 2. The van der Waals surface area contributed by atoms with Crippen molar-refractivity contribution in [1.29, 1.82) is 0 Å². The monoisotopic (exact) mass is 172 g/mol. The second-order valence-corrected chi connectivity index (χ2v) is 3.13. The zero-order valence-electron chi connectivity index (χ0n) is 7.71. The normalized spacial score (nSPS) is 12.2. The first-order valence-electron chi connectivity index (χ1n) is 4.21. The van der Waals surface area contributed by atoms with Crippen LogP contribution in [0.5, 0.6) is 0 Å². The molecule has 3 heteroatoms. The Morgan fingerprint density at radius 3 is 2.75 bits per heavy atom. The Balaban J connectivity index is 3.24. The molecule has 1 atom stereocenters. The highest BCUT2D eigenvalue weighted by Crippen LogP contribution is 2.07. The van der Waals surface area contributed by atoms with Crippen LogP contribution in [0, 0.1) is 5.92 Å². The van der Waals surface area contributed by atoms with Crippen LogP contribution < -0.4 is 0 Å². The lowest BCUT2D eigenvalue weighted by Crippen LogP contribution is -2.05. The molecule has 0 aromatic carbocycles. The molecule has 0 aliphatic heterocycles. The molecule has 12 heavy (non-hydrogen) atoms. The Morgan fingerprint density at radius 2 is 2.25 bits per heavy atom. The van der Waals surface area contributed by atoms with Gasteiger partial charge in [0.25, 0.3) is 6.47 Å². The predicted octanol–water partition coefficient (Wildman–Crippen LogP) is 1.55. The molecule has 0 saturated carbocycles. The van der Waals surface area contributed by atoms with E-state index in [1.165, 1.54) is 0 Å². The molecule has 0 aromatic rings. The molecule has 0 spiro atoms. The molecular weight excluding hydrogens is 156 g/mol. The molecule has 0 aromatic heterocycles. The van der Waals surface area contributed by atoms with Crippen molar-refractivity contribution in [3.05, 3.63) is 0 Å². The Bertz CT molecular complexity index is 143. The summed E-state index contributed by atoms with van der Waals surface area (Å²) in [7, 11) is 0. The lowest BCUT2D eigenvalue weighted by atomic mass is 10.0. The average Bonchev–Trinajstić information content (AvgIpc) is 2.00. The minimum absolute atomic E-state index is 0.221. The fraction of sp³-hybridized carbons (Fsp3) is 0.778. The quantitative estimate of drug-likeness (QED) is 0.547. The van der Waals surface area contributed by atoms with Crippen LogP contribution in [-0.2, 0) is 14.3 Å². The van der Waals surface area contributed by atoms with Gasteiger partial charge in [0.1, 0.15) is 5.78 Å². The number of carbonyl (C=O) groups excluding carboxylic acids is 2. The van der Waals surface area contributed by atoms with Crippen molar-refractivity contribution in [1.82, 2.24) is 0 Å². The third-order valence-electron chi connectivity index (χ3n) is 1.67. The smallest absolute Gasteiger partial charge is 0.293 e. The van der Waals surface area contributed by atoms with Gasteiger partial charge in [-0.15, -0.1) is 0 Å². The van der Waals surface area contributed by atoms with E-state index in [1.807, 2.05) is 6.92 Å². The van der Waals surface area contributed by atoms with E-state index < -0.39 is 0 Å². The van der Waals surface area contributed by atoms with Gasteiger partial charge in [-0.2, -0.15) is 0 Å². The maximum atomic E-state index is 10.6. The SMILES string of the molecule is CC(=O)CCCC(C)COC=O. The van der Waals surface area contributed by atoms with E-state index in [2.05, 4.69) is 4.74 Å². The van der Waals surface area contributed by atoms with Gasteiger partial charge in [-0.25, -0.2) is 0 Å². The molecule has 0 rings (SSSR count). The van der Waals surface area contributed by atoms with Gasteiger partial charge in [-0.3, -0.25) is 4.79 Å². The third kappa shape index (κ3) is 7.25. The van der Waals surface area contributed by atoms with Gasteiger partial charge in [0.2, 0.25) is 0 Å². The highest BCUT2D eigenvalue weighted by Gasteiger charge is 2.02. The van der Waals surface area contributed by atoms with Crippen LogP contribution in [0.2, 0.25) is 0 Å². The van der Waals surface area contributed by atoms with Gasteiger partial charge in [0, 0.05) is 6.42 Å². The van der Waals surface area contributed by atoms with E-state index in [0.717, 1.165) is 12.8 Å². The molecular formula is C9H16O3. The second kappa shape index (κ2) is 6.83. The maximum Gasteiger partial charge on any atom is 0.293 e. The number of ether oxygens (including phenoxy) is 1. The van der Waals surface area contributed by atoms with Crippen molar-refractivity contribution in [3.8, 4) is 0 Å². The summed E-state index contributed by atoms with van der Waals surface area (Å²) in [6, 6.07) is 0. The fourth-order valence-corrected chi connectivity index (χ4v) is 0.986. The summed E-state index contributed by atoms with van der Waals surface area (Å²) in [6.45, 7) is 4.51. The highest BCUT2D eigenvalue weighted by molar-refractivity contribution is 5.75. The topological polar surface area (TPSA) is 43.4 Å². The molecule has 0 amide bonds. The molecule has 1 unspecified atom stereocenters. The van der Waals surface area contributed by atoms with Crippen LogP contribution in [0.15, 0.2) is 0 Å². The van der Waals surface area contributed by atoms with Crippen molar-refractivity contribution >= 4 is 12.3 Å². The maximum absolute atomic E-state index is 10.6. The summed E-state index contributed by atoms with van der Waals surface area (Å²) in [5.41, 5.74) is 0. The molecule has 3 nitrogen and oxygen atoms in total. The van der Waals surface area contributed by atoms with Gasteiger partial charge in [-0.1, -0.05) is 6.92 Å². The number of hydrogen-bond acceptors (Lipinski definition) is 3. The molecule has 0 fully saturated rings. The summed E-state index contributed by atoms with van der Waals surface area (Å²) < 4.78 is 4.59. The van der Waals surface area contributed by atoms with Crippen LogP contribution in [0.1, 0.15) is 33.1 Å². The molecule has 0 heterocycles. The van der Waals surface area contributed by atoms with Gasteiger partial charge < -0.3 is 9.53 Å². The Hall–Kier alpha value is -0.860. The number of rotatable bonds is 7. The molecule has 0 saturated heterocycles. The van der Waals surface area contributed by atoms with Crippen LogP contribution in [0.4, 0.5) is 0 Å². The lowest BCUT2D eigenvalue weighted by molar-refractivity contribution is -0.130. The summed E-state index contributed by atoms with van der Waals surface area (Å²) in [6.07, 6.45) is 2.46. The molecule has 0 radical (unpaired) electrons. The fourth-order valence-electron chi connectivity index (χ4n) is 0.986. The predicted molar refractivity (Wildman–Crippen MR) is 45.7 cm³/mol. The van der Waals surface area contributed by atoms with E-state index >= 15 is 0 Å². The summed E-state index contributed by atoms with van der Waals surface area (Å²) in [5.74, 6) is 0.577. The average molecular weight is 172 g/mol. The van der Waals surface area contributed by atoms with Crippen LogP contribution in [-0.4, -0.2) is 18.9 Å². The molecule has 0 N–H and O–H groups in total. The molecule has 70 valence electrons. The van der Waals surface area contributed by atoms with Crippen molar-refractivity contribution < 1.29 is 14.3 Å². The first kappa shape index (κ1) is 11.1. The standard InChI is InChI=1S/C9H16O3/c1-8(6-12-7-10)4-3-5-9(2)11/h7-8H,3-6H2,1-2H3. The third-order valence-corrected chi connectivity index (χ3v) is 1.67. The van der Waals surface area contributed by atoms with E-state index in [9.17, 15) is 9.59 Å².